The van der Waals surface area contributed by atoms with E-state index in [2.05, 4.69) is 47.2 Å². The van der Waals surface area contributed by atoms with Gasteiger partial charge in [-0.2, -0.15) is 0 Å². The summed E-state index contributed by atoms with van der Waals surface area (Å²) in [5, 5.41) is 3.49. The highest BCUT2D eigenvalue weighted by atomic mass is 79.9. The quantitative estimate of drug-likeness (QED) is 0.873. The van der Waals surface area contributed by atoms with Gasteiger partial charge in [-0.1, -0.05) is 22.0 Å². The fraction of sp³-hybridized carbons (Fsp3) is 0.571. The Morgan fingerprint density at radius 1 is 1.38 bits per heavy atom. The van der Waals surface area contributed by atoms with Crippen LogP contribution in [-0.4, -0.2) is 13.1 Å². The summed E-state index contributed by atoms with van der Waals surface area (Å²) in [6.45, 7) is 6.78. The maximum Gasteiger partial charge on any atom is 0.0209 e. The van der Waals surface area contributed by atoms with E-state index in [1.165, 1.54) is 53.5 Å². The molecule has 0 saturated carbocycles. The summed E-state index contributed by atoms with van der Waals surface area (Å²) in [5.41, 5.74) is 4.29. The molecule has 1 aromatic carbocycles. The molecule has 0 radical (unpaired) electrons. The lowest BCUT2D eigenvalue weighted by molar-refractivity contribution is 0.375. The average molecular weight is 282 g/mol. The van der Waals surface area contributed by atoms with Gasteiger partial charge in [0.25, 0.3) is 0 Å². The van der Waals surface area contributed by atoms with Gasteiger partial charge in [-0.3, -0.25) is 0 Å². The molecule has 0 amide bonds. The Morgan fingerprint density at radius 3 is 2.88 bits per heavy atom. The van der Waals surface area contributed by atoms with Crippen molar-refractivity contribution in [2.75, 3.05) is 13.1 Å². The Balaban J connectivity index is 2.13. The highest BCUT2D eigenvalue weighted by Gasteiger charge is 2.15. The number of nitrogens with one attached hydrogen (secondary N) is 1. The van der Waals surface area contributed by atoms with Gasteiger partial charge in [0.2, 0.25) is 0 Å². The molecule has 0 bridgehead atoms. The number of piperidine rings is 1. The summed E-state index contributed by atoms with van der Waals surface area (Å²) >= 11 is 3.65. The van der Waals surface area contributed by atoms with E-state index >= 15 is 0 Å². The van der Waals surface area contributed by atoms with E-state index in [0.717, 1.165) is 5.92 Å². The third kappa shape index (κ3) is 2.86. The Kier molecular flexibility index (Phi) is 4.04. The van der Waals surface area contributed by atoms with E-state index in [4.69, 9.17) is 0 Å². The third-order valence-corrected chi connectivity index (χ3v) is 4.33. The van der Waals surface area contributed by atoms with Crippen LogP contribution in [0.2, 0.25) is 0 Å². The molecule has 1 unspecified atom stereocenters. The third-order valence-electron chi connectivity index (χ3n) is 3.50. The molecule has 1 aromatic rings. The van der Waals surface area contributed by atoms with Crippen LogP contribution in [0.15, 0.2) is 16.6 Å². The molecule has 16 heavy (non-hydrogen) atoms. The molecule has 1 aliphatic rings. The second-order valence-electron chi connectivity index (χ2n) is 4.95. The summed E-state index contributed by atoms with van der Waals surface area (Å²) in [6.07, 6.45) is 3.92. The lowest BCUT2D eigenvalue weighted by Crippen LogP contribution is -2.31. The zero-order chi connectivity index (χ0) is 11.5. The first-order chi connectivity index (χ1) is 7.66. The number of hydrogen-bond acceptors (Lipinski definition) is 1. The monoisotopic (exact) mass is 281 g/mol. The van der Waals surface area contributed by atoms with Gasteiger partial charge in [0.1, 0.15) is 0 Å². The fourth-order valence-corrected chi connectivity index (χ4v) is 3.12. The van der Waals surface area contributed by atoms with Crippen molar-refractivity contribution in [3.63, 3.8) is 0 Å². The summed E-state index contributed by atoms with van der Waals surface area (Å²) < 4.78 is 1.26. The van der Waals surface area contributed by atoms with E-state index in [-0.39, 0.29) is 0 Å². The van der Waals surface area contributed by atoms with Crippen molar-refractivity contribution >= 4 is 15.9 Å². The molecule has 0 spiro atoms. The Labute approximate surface area is 107 Å². The molecule has 2 rings (SSSR count). The van der Waals surface area contributed by atoms with Gasteiger partial charge in [-0.05, 0) is 74.9 Å². The first-order valence-electron chi connectivity index (χ1n) is 6.13. The van der Waals surface area contributed by atoms with Crippen LogP contribution < -0.4 is 5.32 Å². The number of rotatable bonds is 2. The Hall–Kier alpha value is -0.340. The summed E-state index contributed by atoms with van der Waals surface area (Å²) in [7, 11) is 0. The molecular weight excluding hydrogens is 262 g/mol. The van der Waals surface area contributed by atoms with Crippen LogP contribution in [0.4, 0.5) is 0 Å². The second kappa shape index (κ2) is 5.33. The Morgan fingerprint density at radius 2 is 2.19 bits per heavy atom. The maximum atomic E-state index is 3.65. The van der Waals surface area contributed by atoms with Gasteiger partial charge in [0.05, 0.1) is 0 Å². The molecule has 0 aliphatic carbocycles. The van der Waals surface area contributed by atoms with Crippen LogP contribution in [0.3, 0.4) is 0 Å². The molecular formula is C14H20BrN. The lowest BCUT2D eigenvalue weighted by atomic mass is 9.90. The van der Waals surface area contributed by atoms with E-state index in [9.17, 15) is 0 Å². The maximum absolute atomic E-state index is 3.65. The topological polar surface area (TPSA) is 12.0 Å². The van der Waals surface area contributed by atoms with E-state index in [1.54, 1.807) is 0 Å². The minimum atomic E-state index is 0.821. The van der Waals surface area contributed by atoms with Crippen LogP contribution in [0.25, 0.3) is 0 Å². The van der Waals surface area contributed by atoms with Crippen molar-refractivity contribution in [2.45, 2.75) is 33.1 Å². The summed E-state index contributed by atoms with van der Waals surface area (Å²) in [4.78, 5) is 0. The molecule has 0 aromatic heterocycles. The Bertz CT molecular complexity index is 367. The van der Waals surface area contributed by atoms with Gasteiger partial charge in [0.15, 0.2) is 0 Å². The highest BCUT2D eigenvalue weighted by molar-refractivity contribution is 9.10. The molecule has 1 nitrogen and oxygen atoms in total. The number of benzene rings is 1. The molecule has 2 heteroatoms. The van der Waals surface area contributed by atoms with Crippen LogP contribution >= 0.6 is 15.9 Å². The van der Waals surface area contributed by atoms with Crippen molar-refractivity contribution in [3.05, 3.63) is 33.3 Å². The zero-order valence-corrected chi connectivity index (χ0v) is 11.7. The van der Waals surface area contributed by atoms with Crippen molar-refractivity contribution in [1.82, 2.24) is 5.32 Å². The van der Waals surface area contributed by atoms with Gasteiger partial charge < -0.3 is 5.32 Å². The normalized spacial score (nSPS) is 21.1. The summed E-state index contributed by atoms with van der Waals surface area (Å²) in [6, 6.07) is 4.55. The minimum absolute atomic E-state index is 0.821. The van der Waals surface area contributed by atoms with Crippen molar-refractivity contribution in [3.8, 4) is 0 Å². The first kappa shape index (κ1) is 12.1. The van der Waals surface area contributed by atoms with Gasteiger partial charge in [0, 0.05) is 4.47 Å². The smallest absolute Gasteiger partial charge is 0.0209 e. The van der Waals surface area contributed by atoms with Crippen LogP contribution in [0.5, 0.6) is 0 Å². The lowest BCUT2D eigenvalue weighted by Gasteiger charge is -2.23. The predicted molar refractivity (Wildman–Crippen MR) is 72.9 cm³/mol. The molecule has 1 aliphatic heterocycles. The van der Waals surface area contributed by atoms with Gasteiger partial charge in [-0.15, -0.1) is 0 Å². The van der Waals surface area contributed by atoms with E-state index < -0.39 is 0 Å². The highest BCUT2D eigenvalue weighted by Crippen LogP contribution is 2.25. The van der Waals surface area contributed by atoms with E-state index in [0.29, 0.717) is 0 Å². The first-order valence-corrected chi connectivity index (χ1v) is 6.92. The number of aryl methyl sites for hydroxylation is 1. The van der Waals surface area contributed by atoms with Crippen molar-refractivity contribution < 1.29 is 0 Å². The molecule has 1 atom stereocenters. The predicted octanol–water partition coefficient (Wildman–Crippen LogP) is 3.61. The van der Waals surface area contributed by atoms with Crippen LogP contribution in [0.1, 0.15) is 29.5 Å². The standard InChI is InChI=1S/C14H20BrN/c1-10-6-13(11(2)14(15)7-10)8-12-4-3-5-16-9-12/h6-7,12,16H,3-5,8-9H2,1-2H3. The van der Waals surface area contributed by atoms with Crippen molar-refractivity contribution in [1.29, 1.82) is 0 Å². The molecule has 1 fully saturated rings. The number of hydrogen-bond donors (Lipinski definition) is 1. The van der Waals surface area contributed by atoms with Gasteiger partial charge >= 0.3 is 0 Å². The van der Waals surface area contributed by atoms with Crippen LogP contribution in [-0.2, 0) is 6.42 Å². The van der Waals surface area contributed by atoms with Crippen LogP contribution in [0, 0.1) is 19.8 Å². The molecule has 1 heterocycles. The van der Waals surface area contributed by atoms with Gasteiger partial charge in [-0.25, -0.2) is 0 Å². The van der Waals surface area contributed by atoms with Crippen molar-refractivity contribution in [2.24, 2.45) is 5.92 Å². The van der Waals surface area contributed by atoms with E-state index in [1.807, 2.05) is 0 Å². The summed E-state index contributed by atoms with van der Waals surface area (Å²) in [5.74, 6) is 0.821. The molecule has 1 N–H and O–H groups in total. The average Bonchev–Trinajstić information content (AvgIpc) is 2.27. The minimum Gasteiger partial charge on any atom is -0.316 e. The SMILES string of the molecule is Cc1cc(Br)c(C)c(CC2CCCNC2)c1. The molecule has 1 saturated heterocycles. The second-order valence-corrected chi connectivity index (χ2v) is 5.80. The fourth-order valence-electron chi connectivity index (χ4n) is 2.51. The molecule has 88 valence electrons. The number of halogens is 1. The zero-order valence-electron chi connectivity index (χ0n) is 10.1. The largest absolute Gasteiger partial charge is 0.316 e.